The lowest BCUT2D eigenvalue weighted by Gasteiger charge is -2.07. The number of nitrogens with zero attached hydrogens (tertiary/aromatic N) is 1. The first-order chi connectivity index (χ1) is 9.94. The molecule has 5 nitrogen and oxygen atoms in total. The van der Waals surface area contributed by atoms with E-state index in [1.807, 2.05) is 12.1 Å². The Morgan fingerprint density at radius 3 is 2.52 bits per heavy atom. The van der Waals surface area contributed by atoms with Crippen LogP contribution in [0.3, 0.4) is 0 Å². The second-order valence-corrected chi connectivity index (χ2v) is 7.61. The normalized spacial score (nSPS) is 11.3. The Morgan fingerprint density at radius 2 is 1.90 bits per heavy atom. The van der Waals surface area contributed by atoms with Gasteiger partial charge in [-0.2, -0.15) is 0 Å². The molecule has 0 spiro atoms. The van der Waals surface area contributed by atoms with Gasteiger partial charge in [-0.25, -0.2) is 13.4 Å². The van der Waals surface area contributed by atoms with Crippen molar-refractivity contribution < 1.29 is 8.42 Å². The molecule has 0 aliphatic carbocycles. The Labute approximate surface area is 133 Å². The number of hydrogen-bond donors (Lipinski definition) is 2. The van der Waals surface area contributed by atoms with E-state index in [1.54, 1.807) is 18.2 Å². The molecule has 8 heteroatoms. The zero-order chi connectivity index (χ0) is 15.3. The first-order valence-electron chi connectivity index (χ1n) is 6.05. The van der Waals surface area contributed by atoms with E-state index in [-0.39, 0.29) is 5.75 Å². The second-order valence-electron chi connectivity index (χ2n) is 4.21. The van der Waals surface area contributed by atoms with Gasteiger partial charge in [0.2, 0.25) is 10.0 Å². The van der Waals surface area contributed by atoms with E-state index < -0.39 is 10.0 Å². The van der Waals surface area contributed by atoms with Gasteiger partial charge in [-0.3, -0.25) is 4.72 Å². The predicted molar refractivity (Wildman–Crippen MR) is 88.2 cm³/mol. The molecule has 0 aliphatic heterocycles. The van der Waals surface area contributed by atoms with Crippen molar-refractivity contribution in [1.29, 1.82) is 0 Å². The zero-order valence-electron chi connectivity index (χ0n) is 11.0. The van der Waals surface area contributed by atoms with E-state index in [0.29, 0.717) is 22.3 Å². The third-order valence-corrected chi connectivity index (χ3v) is 5.29. The van der Waals surface area contributed by atoms with E-state index in [2.05, 4.69) is 9.71 Å². The van der Waals surface area contributed by atoms with Gasteiger partial charge in [0.15, 0.2) is 0 Å². The SMILES string of the molecule is Nc1ccc(SCCS(=O)(=O)Nc2ccc(Cl)nc2)cc1. The molecule has 0 fully saturated rings. The van der Waals surface area contributed by atoms with Crippen molar-refractivity contribution in [1.82, 2.24) is 4.98 Å². The summed E-state index contributed by atoms with van der Waals surface area (Å²) in [6.07, 6.45) is 1.38. The van der Waals surface area contributed by atoms with Crippen LogP contribution in [0.1, 0.15) is 0 Å². The highest BCUT2D eigenvalue weighted by Gasteiger charge is 2.10. The molecule has 0 amide bonds. The van der Waals surface area contributed by atoms with Gasteiger partial charge in [0.25, 0.3) is 0 Å². The Kier molecular flexibility index (Phi) is 5.33. The number of anilines is 2. The lowest BCUT2D eigenvalue weighted by molar-refractivity contribution is 0.602. The van der Waals surface area contributed by atoms with Gasteiger partial charge in [-0.1, -0.05) is 11.6 Å². The summed E-state index contributed by atoms with van der Waals surface area (Å²) in [7, 11) is -3.40. The van der Waals surface area contributed by atoms with Crippen LogP contribution in [0.15, 0.2) is 47.5 Å². The van der Waals surface area contributed by atoms with Crippen molar-refractivity contribution in [2.24, 2.45) is 0 Å². The molecule has 0 atom stereocenters. The van der Waals surface area contributed by atoms with Gasteiger partial charge in [0, 0.05) is 16.3 Å². The molecule has 0 saturated carbocycles. The average Bonchev–Trinajstić information content (AvgIpc) is 2.43. The fourth-order valence-electron chi connectivity index (χ4n) is 1.50. The molecule has 1 aromatic heterocycles. The van der Waals surface area contributed by atoms with E-state index in [4.69, 9.17) is 17.3 Å². The monoisotopic (exact) mass is 343 g/mol. The van der Waals surface area contributed by atoms with Crippen LogP contribution in [0.5, 0.6) is 0 Å². The molecule has 21 heavy (non-hydrogen) atoms. The Morgan fingerprint density at radius 1 is 1.19 bits per heavy atom. The molecule has 0 saturated heterocycles. The number of pyridine rings is 1. The Bertz CT molecular complexity index is 688. The molecule has 1 heterocycles. The largest absolute Gasteiger partial charge is 0.399 e. The summed E-state index contributed by atoms with van der Waals surface area (Å²) < 4.78 is 26.3. The van der Waals surface area contributed by atoms with E-state index in [9.17, 15) is 8.42 Å². The molecule has 3 N–H and O–H groups in total. The molecular formula is C13H14ClN3O2S2. The van der Waals surface area contributed by atoms with Crippen LogP contribution in [0, 0.1) is 0 Å². The first kappa shape index (κ1) is 15.9. The minimum Gasteiger partial charge on any atom is -0.399 e. The molecule has 0 aliphatic rings. The fourth-order valence-corrected chi connectivity index (χ4v) is 3.97. The van der Waals surface area contributed by atoms with Crippen LogP contribution in [-0.4, -0.2) is 24.9 Å². The topological polar surface area (TPSA) is 85.1 Å². The molecule has 112 valence electrons. The number of hydrogen-bond acceptors (Lipinski definition) is 5. The number of rotatable bonds is 6. The number of aromatic nitrogens is 1. The molecule has 2 aromatic rings. The summed E-state index contributed by atoms with van der Waals surface area (Å²) in [5.74, 6) is 0.449. The molecule has 1 aromatic carbocycles. The van der Waals surface area contributed by atoms with Gasteiger partial charge in [0.1, 0.15) is 5.15 Å². The molecule has 0 radical (unpaired) electrons. The van der Waals surface area contributed by atoms with Crippen molar-refractivity contribution in [3.05, 3.63) is 47.7 Å². The summed E-state index contributed by atoms with van der Waals surface area (Å²) in [4.78, 5) is 4.80. The minimum atomic E-state index is -3.40. The number of nitrogens with one attached hydrogen (secondary N) is 1. The zero-order valence-corrected chi connectivity index (χ0v) is 13.4. The molecule has 0 unspecified atom stereocenters. The quantitative estimate of drug-likeness (QED) is 0.478. The predicted octanol–water partition coefficient (Wildman–Crippen LogP) is 2.85. The maximum absolute atomic E-state index is 11.9. The maximum atomic E-state index is 11.9. The summed E-state index contributed by atoms with van der Waals surface area (Å²) in [6.45, 7) is 0. The van der Waals surface area contributed by atoms with E-state index >= 15 is 0 Å². The summed E-state index contributed by atoms with van der Waals surface area (Å²) in [6, 6.07) is 10.4. The first-order valence-corrected chi connectivity index (χ1v) is 9.06. The van der Waals surface area contributed by atoms with Crippen LogP contribution in [-0.2, 0) is 10.0 Å². The van der Waals surface area contributed by atoms with E-state index in [0.717, 1.165) is 4.90 Å². The van der Waals surface area contributed by atoms with Crippen molar-refractivity contribution in [3.8, 4) is 0 Å². The number of nitrogens with two attached hydrogens (primary N) is 1. The summed E-state index contributed by atoms with van der Waals surface area (Å²) >= 11 is 7.10. The highest BCUT2D eigenvalue weighted by Crippen LogP contribution is 2.20. The number of thioether (sulfide) groups is 1. The Balaban J connectivity index is 1.86. The minimum absolute atomic E-state index is 0.00463. The number of sulfonamides is 1. The molecule has 0 bridgehead atoms. The molecular weight excluding hydrogens is 330 g/mol. The van der Waals surface area contributed by atoms with Gasteiger partial charge >= 0.3 is 0 Å². The lowest BCUT2D eigenvalue weighted by atomic mass is 10.3. The third kappa shape index (κ3) is 5.45. The van der Waals surface area contributed by atoms with Crippen LogP contribution in [0.25, 0.3) is 0 Å². The number of benzene rings is 1. The van der Waals surface area contributed by atoms with Gasteiger partial charge in [0.05, 0.1) is 17.6 Å². The molecule has 2 rings (SSSR count). The van der Waals surface area contributed by atoms with Crippen molar-refractivity contribution in [2.75, 3.05) is 22.0 Å². The highest BCUT2D eigenvalue weighted by atomic mass is 35.5. The van der Waals surface area contributed by atoms with Gasteiger partial charge in [-0.05, 0) is 36.4 Å². The van der Waals surface area contributed by atoms with Crippen molar-refractivity contribution in [2.45, 2.75) is 4.90 Å². The summed E-state index contributed by atoms with van der Waals surface area (Å²) in [5, 5.41) is 0.317. The highest BCUT2D eigenvalue weighted by molar-refractivity contribution is 8.01. The maximum Gasteiger partial charge on any atom is 0.233 e. The number of nitrogen functional groups attached to an aromatic ring is 1. The van der Waals surface area contributed by atoms with Crippen LogP contribution in [0.2, 0.25) is 5.15 Å². The van der Waals surface area contributed by atoms with Crippen molar-refractivity contribution >= 4 is 44.8 Å². The second kappa shape index (κ2) is 7.02. The van der Waals surface area contributed by atoms with Gasteiger partial charge < -0.3 is 5.73 Å². The van der Waals surface area contributed by atoms with Crippen LogP contribution in [0.4, 0.5) is 11.4 Å². The van der Waals surface area contributed by atoms with Crippen LogP contribution >= 0.6 is 23.4 Å². The Hall–Kier alpha value is -1.44. The van der Waals surface area contributed by atoms with Gasteiger partial charge in [-0.15, -0.1) is 11.8 Å². The standard InChI is InChI=1S/C13H14ClN3O2S2/c14-13-6-3-11(9-16-13)17-21(18,19)8-7-20-12-4-1-10(15)2-5-12/h1-6,9,17H,7-8,15H2. The number of halogens is 1. The summed E-state index contributed by atoms with van der Waals surface area (Å²) in [5.41, 5.74) is 6.67. The van der Waals surface area contributed by atoms with E-state index in [1.165, 1.54) is 24.0 Å². The van der Waals surface area contributed by atoms with Crippen molar-refractivity contribution in [3.63, 3.8) is 0 Å². The smallest absolute Gasteiger partial charge is 0.233 e. The van der Waals surface area contributed by atoms with Crippen LogP contribution < -0.4 is 10.5 Å². The fraction of sp³-hybridized carbons (Fsp3) is 0.154. The lowest BCUT2D eigenvalue weighted by Crippen LogP contribution is -2.18. The third-order valence-electron chi connectivity index (χ3n) is 2.50. The average molecular weight is 344 g/mol.